The average Bonchev–Trinajstić information content (AvgIpc) is 3.45. The fourth-order valence-electron chi connectivity index (χ4n) is 8.48. The van der Waals surface area contributed by atoms with Crippen LogP contribution in [0.3, 0.4) is 0 Å². The zero-order valence-electron chi connectivity index (χ0n) is 24.4. The second kappa shape index (κ2) is 9.74. The Labute approximate surface area is 235 Å². The highest BCUT2D eigenvalue weighted by Crippen LogP contribution is 2.68. The first-order valence-corrected chi connectivity index (χ1v) is 14.2. The van der Waals surface area contributed by atoms with Gasteiger partial charge in [0, 0.05) is 33.8 Å². The van der Waals surface area contributed by atoms with Gasteiger partial charge >= 0.3 is 17.9 Å². The number of Topliss-reactive ketones (excluding diaryl/α,β-unsaturated/α-hetero) is 1. The second-order valence-corrected chi connectivity index (χ2v) is 13.1. The summed E-state index contributed by atoms with van der Waals surface area (Å²) < 4.78 is 22.5. The Morgan fingerprint density at radius 1 is 1.15 bits per heavy atom. The van der Waals surface area contributed by atoms with Gasteiger partial charge in [-0.3, -0.25) is 14.4 Å². The molecule has 0 spiro atoms. The Bertz CT molecular complexity index is 1290. The summed E-state index contributed by atoms with van der Waals surface area (Å²) in [4.78, 5) is 53.3. The maximum absolute atomic E-state index is 14.4. The zero-order valence-corrected chi connectivity index (χ0v) is 24.4. The summed E-state index contributed by atoms with van der Waals surface area (Å²) in [6, 6.07) is 1.83. The number of ketones is 1. The number of carbonyl (C=O) groups is 4. The maximum atomic E-state index is 14.4. The molecule has 4 aliphatic rings. The number of cyclic esters (lactones) is 1. The monoisotopic (exact) mass is 552 g/mol. The minimum Gasteiger partial charge on any atom is -0.472 e. The van der Waals surface area contributed by atoms with Crippen LogP contribution in [0.25, 0.3) is 0 Å². The van der Waals surface area contributed by atoms with Crippen LogP contribution in [0, 0.1) is 39.9 Å². The van der Waals surface area contributed by atoms with Gasteiger partial charge in [0.05, 0.1) is 32.0 Å². The van der Waals surface area contributed by atoms with Crippen molar-refractivity contribution in [1.82, 2.24) is 0 Å². The van der Waals surface area contributed by atoms with Crippen LogP contribution >= 0.6 is 0 Å². The molecule has 8 heteroatoms. The molecule has 3 fully saturated rings. The molecule has 40 heavy (non-hydrogen) atoms. The van der Waals surface area contributed by atoms with E-state index >= 15 is 0 Å². The highest BCUT2D eigenvalue weighted by molar-refractivity contribution is 5.94. The number of hydrogen-bond acceptors (Lipinski definition) is 8. The average molecular weight is 553 g/mol. The number of methoxy groups -OCH3 is 1. The molecule has 2 saturated carbocycles. The van der Waals surface area contributed by atoms with Gasteiger partial charge in [-0.15, -0.1) is 0 Å². The highest BCUT2D eigenvalue weighted by Gasteiger charge is 2.69. The van der Waals surface area contributed by atoms with Crippen LogP contribution in [0.4, 0.5) is 0 Å². The highest BCUT2D eigenvalue weighted by atomic mass is 16.6. The Morgan fingerprint density at radius 2 is 1.88 bits per heavy atom. The zero-order chi connectivity index (χ0) is 29.2. The van der Waals surface area contributed by atoms with Crippen molar-refractivity contribution in [3.63, 3.8) is 0 Å². The molecule has 216 valence electrons. The molecule has 0 N–H and O–H groups in total. The van der Waals surface area contributed by atoms with Crippen LogP contribution < -0.4 is 0 Å². The lowest BCUT2D eigenvalue weighted by Gasteiger charge is -2.63. The van der Waals surface area contributed by atoms with Gasteiger partial charge in [-0.2, -0.15) is 0 Å². The van der Waals surface area contributed by atoms with E-state index < -0.39 is 52.2 Å². The van der Waals surface area contributed by atoms with Gasteiger partial charge in [-0.1, -0.05) is 45.4 Å². The molecule has 0 amide bonds. The van der Waals surface area contributed by atoms with E-state index in [9.17, 15) is 19.2 Å². The number of allylic oxidation sites excluding steroid dienone is 2. The van der Waals surface area contributed by atoms with E-state index in [4.69, 9.17) is 18.6 Å². The molecule has 5 rings (SSSR count). The summed E-state index contributed by atoms with van der Waals surface area (Å²) in [6.45, 7) is 11.5. The summed E-state index contributed by atoms with van der Waals surface area (Å²) in [6.07, 6.45) is 7.30. The quantitative estimate of drug-likeness (QED) is 0.203. The van der Waals surface area contributed by atoms with Crippen LogP contribution in [-0.4, -0.2) is 36.9 Å². The van der Waals surface area contributed by atoms with Gasteiger partial charge < -0.3 is 18.6 Å². The van der Waals surface area contributed by atoms with Gasteiger partial charge in [0.25, 0.3) is 0 Å². The molecular formula is C32H40O8. The van der Waals surface area contributed by atoms with E-state index in [-0.39, 0.29) is 36.4 Å². The molecule has 3 aliphatic carbocycles. The first-order valence-electron chi connectivity index (χ1n) is 14.2. The van der Waals surface area contributed by atoms with Crippen molar-refractivity contribution in [2.24, 2.45) is 39.9 Å². The molecule has 2 heterocycles. The van der Waals surface area contributed by atoms with Crippen molar-refractivity contribution < 1.29 is 37.8 Å². The molecule has 0 aromatic carbocycles. The number of fused-ring (bicyclic) bond motifs is 6. The number of esters is 3. The van der Waals surface area contributed by atoms with Crippen molar-refractivity contribution in [2.75, 3.05) is 7.11 Å². The minimum atomic E-state index is -0.904. The third-order valence-electron chi connectivity index (χ3n) is 10.8. The topological polar surface area (TPSA) is 109 Å². The Kier molecular flexibility index (Phi) is 6.91. The second-order valence-electron chi connectivity index (χ2n) is 13.1. The van der Waals surface area contributed by atoms with E-state index in [1.807, 2.05) is 32.9 Å². The van der Waals surface area contributed by atoms with Crippen molar-refractivity contribution in [2.45, 2.75) is 79.4 Å². The number of carbonyl (C=O) groups excluding carboxylic acids is 4. The number of rotatable bonds is 5. The van der Waals surface area contributed by atoms with Gasteiger partial charge in [-0.25, -0.2) is 4.79 Å². The summed E-state index contributed by atoms with van der Waals surface area (Å²) in [7, 11) is 1.35. The van der Waals surface area contributed by atoms with Gasteiger partial charge in [0.15, 0.2) is 0 Å². The number of ether oxygens (including phenoxy) is 3. The maximum Gasteiger partial charge on any atom is 0.333 e. The van der Waals surface area contributed by atoms with E-state index in [1.54, 1.807) is 32.4 Å². The minimum absolute atomic E-state index is 0.0150. The molecule has 8 nitrogen and oxygen atoms in total. The normalized spacial score (nSPS) is 38.4. The molecule has 0 radical (unpaired) electrons. The predicted molar refractivity (Wildman–Crippen MR) is 144 cm³/mol. The van der Waals surface area contributed by atoms with E-state index in [0.29, 0.717) is 12.0 Å². The van der Waals surface area contributed by atoms with Crippen molar-refractivity contribution in [1.29, 1.82) is 0 Å². The fraction of sp³-hybridized carbons (Fsp3) is 0.625. The Hall–Kier alpha value is -3.16. The molecule has 1 aromatic heterocycles. The number of furan rings is 1. The molecule has 2 bridgehead atoms. The third-order valence-corrected chi connectivity index (χ3v) is 10.8. The van der Waals surface area contributed by atoms with Crippen molar-refractivity contribution in [3.05, 3.63) is 47.5 Å². The summed E-state index contributed by atoms with van der Waals surface area (Å²) in [5, 5.41) is 0. The van der Waals surface area contributed by atoms with E-state index in [0.717, 1.165) is 17.6 Å². The van der Waals surface area contributed by atoms with Crippen LogP contribution in [-0.2, 0) is 33.4 Å². The lowest BCUT2D eigenvalue weighted by molar-refractivity contribution is -0.195. The molecule has 8 atom stereocenters. The summed E-state index contributed by atoms with van der Waals surface area (Å²) >= 11 is 0. The van der Waals surface area contributed by atoms with E-state index in [2.05, 4.69) is 6.92 Å². The fourth-order valence-corrected chi connectivity index (χ4v) is 8.48. The SMILES string of the molecule is C/C=C(\C)C(=O)O[C@@H]1[C@@H]2C=C3[C@@H](CC[C@]4(C)[C@H]3CC(=O)O[C@H]4c3ccoc3)[C@](C)(C2=O)[C@@H](CC(=O)OC)C1(C)C. The largest absolute Gasteiger partial charge is 0.472 e. The lowest BCUT2D eigenvalue weighted by Crippen LogP contribution is -2.66. The standard InChI is InChI=1S/C32H40O8/c1-8-17(2)29(36)40-28-20-13-19-21(32(6,26(20)35)23(30(28,3)4)15-24(33)37-7)9-11-31(5)22(19)14-25(34)39-27(31)18-10-12-38-16-18/h8,10,12-13,16,20-23,27-28H,9,11,14-15H2,1-7H3/b17-8+/t20-,21-,22+,23+,27+,28-,31-,32+/m1/s1. The molecular weight excluding hydrogens is 512 g/mol. The van der Waals surface area contributed by atoms with Gasteiger partial charge in [0.1, 0.15) is 18.0 Å². The van der Waals surface area contributed by atoms with Crippen LogP contribution in [0.15, 0.2) is 46.3 Å². The molecule has 1 saturated heterocycles. The lowest BCUT2D eigenvalue weighted by atomic mass is 9.40. The van der Waals surface area contributed by atoms with Crippen LogP contribution in [0.1, 0.15) is 78.9 Å². The number of hydrogen-bond donors (Lipinski definition) is 0. The van der Waals surface area contributed by atoms with Crippen molar-refractivity contribution in [3.8, 4) is 0 Å². The first-order chi connectivity index (χ1) is 18.8. The Morgan fingerprint density at radius 3 is 2.50 bits per heavy atom. The molecule has 1 aliphatic heterocycles. The first kappa shape index (κ1) is 28.4. The smallest absolute Gasteiger partial charge is 0.333 e. The predicted octanol–water partition coefficient (Wildman–Crippen LogP) is 5.53. The van der Waals surface area contributed by atoms with Crippen LogP contribution in [0.5, 0.6) is 0 Å². The van der Waals surface area contributed by atoms with Gasteiger partial charge in [-0.05, 0) is 50.5 Å². The van der Waals surface area contributed by atoms with Crippen molar-refractivity contribution >= 4 is 23.7 Å². The van der Waals surface area contributed by atoms with Crippen LogP contribution in [0.2, 0.25) is 0 Å². The molecule has 1 aromatic rings. The summed E-state index contributed by atoms with van der Waals surface area (Å²) in [5.74, 6) is -2.66. The molecule has 0 unspecified atom stereocenters. The Balaban J connectivity index is 1.66. The van der Waals surface area contributed by atoms with Gasteiger partial charge in [0.2, 0.25) is 0 Å². The summed E-state index contributed by atoms with van der Waals surface area (Å²) in [5.41, 5.74) is 0.283. The van der Waals surface area contributed by atoms with E-state index in [1.165, 1.54) is 7.11 Å². The third kappa shape index (κ3) is 4.00.